The summed E-state index contributed by atoms with van der Waals surface area (Å²) in [7, 11) is 0. The lowest BCUT2D eigenvalue weighted by atomic mass is 9.97. The van der Waals surface area contributed by atoms with Crippen molar-refractivity contribution in [3.05, 3.63) is 60.2 Å². The van der Waals surface area contributed by atoms with E-state index >= 15 is 0 Å². The van der Waals surface area contributed by atoms with Crippen LogP contribution in [0, 0.1) is 0 Å². The number of hydrogen-bond acceptors (Lipinski definition) is 4. The van der Waals surface area contributed by atoms with Gasteiger partial charge in [-0.3, -0.25) is 0 Å². The molecular weight excluding hydrogens is 341 g/mol. The monoisotopic (exact) mass is 358 g/mol. The molecular formula is C19H17F3N4. The van der Waals surface area contributed by atoms with E-state index in [4.69, 9.17) is 22.9 Å². The number of nitrogens with two attached hydrogens (primary N) is 4. The molecule has 0 amide bonds. The molecule has 3 aromatic rings. The summed E-state index contributed by atoms with van der Waals surface area (Å²) < 4.78 is 38.0. The summed E-state index contributed by atoms with van der Waals surface area (Å²) in [5, 5.41) is 0. The van der Waals surface area contributed by atoms with Gasteiger partial charge in [0.05, 0.1) is 22.6 Å². The van der Waals surface area contributed by atoms with E-state index in [-0.39, 0.29) is 0 Å². The van der Waals surface area contributed by atoms with Gasteiger partial charge in [-0.1, -0.05) is 24.3 Å². The third-order valence-electron chi connectivity index (χ3n) is 4.15. The first-order valence-corrected chi connectivity index (χ1v) is 7.69. The van der Waals surface area contributed by atoms with Gasteiger partial charge in [-0.25, -0.2) is 0 Å². The van der Waals surface area contributed by atoms with Crippen molar-refractivity contribution < 1.29 is 13.2 Å². The van der Waals surface area contributed by atoms with E-state index in [1.54, 1.807) is 30.3 Å². The molecule has 0 radical (unpaired) electrons. The molecule has 7 heteroatoms. The van der Waals surface area contributed by atoms with Gasteiger partial charge < -0.3 is 22.9 Å². The van der Waals surface area contributed by atoms with Crippen LogP contribution in [0.4, 0.5) is 35.9 Å². The van der Waals surface area contributed by atoms with Crippen LogP contribution in [0.25, 0.3) is 22.3 Å². The summed E-state index contributed by atoms with van der Waals surface area (Å²) >= 11 is 0. The second-order valence-corrected chi connectivity index (χ2v) is 5.95. The SMILES string of the molecule is Nc1cc(-c2ccc(C(F)(F)F)cc2)ccc1-c1cc(N)c(N)c(N)c1. The van der Waals surface area contributed by atoms with E-state index in [2.05, 4.69) is 0 Å². The fraction of sp³-hybridized carbons (Fsp3) is 0.0526. The quantitative estimate of drug-likeness (QED) is 0.511. The van der Waals surface area contributed by atoms with Crippen LogP contribution in [0.5, 0.6) is 0 Å². The highest BCUT2D eigenvalue weighted by Crippen LogP contribution is 2.36. The first-order valence-electron chi connectivity index (χ1n) is 7.69. The summed E-state index contributed by atoms with van der Waals surface area (Å²) in [6, 6.07) is 13.5. The van der Waals surface area contributed by atoms with Crippen molar-refractivity contribution in [2.75, 3.05) is 22.9 Å². The maximum atomic E-state index is 12.7. The third kappa shape index (κ3) is 3.23. The minimum absolute atomic E-state index is 0.314. The van der Waals surface area contributed by atoms with E-state index in [1.165, 1.54) is 12.1 Å². The molecule has 3 rings (SSSR count). The molecule has 0 heterocycles. The second-order valence-electron chi connectivity index (χ2n) is 5.95. The summed E-state index contributed by atoms with van der Waals surface area (Å²) in [5.74, 6) is 0. The Morgan fingerprint density at radius 3 is 1.58 bits per heavy atom. The third-order valence-corrected chi connectivity index (χ3v) is 4.15. The first-order chi connectivity index (χ1) is 12.2. The highest BCUT2D eigenvalue weighted by Gasteiger charge is 2.29. The van der Waals surface area contributed by atoms with Crippen molar-refractivity contribution in [1.29, 1.82) is 0 Å². The number of halogens is 3. The van der Waals surface area contributed by atoms with Crippen molar-refractivity contribution in [3.63, 3.8) is 0 Å². The predicted molar refractivity (Wildman–Crippen MR) is 100.0 cm³/mol. The fourth-order valence-electron chi connectivity index (χ4n) is 2.71. The first kappa shape index (κ1) is 17.5. The van der Waals surface area contributed by atoms with Gasteiger partial charge in [0.25, 0.3) is 0 Å². The lowest BCUT2D eigenvalue weighted by Crippen LogP contribution is -2.04. The number of hydrogen-bond donors (Lipinski definition) is 4. The molecule has 0 unspecified atom stereocenters. The second kappa shape index (κ2) is 6.18. The van der Waals surface area contributed by atoms with E-state index in [0.717, 1.165) is 12.1 Å². The van der Waals surface area contributed by atoms with E-state index in [9.17, 15) is 13.2 Å². The summed E-state index contributed by atoms with van der Waals surface area (Å²) in [6.45, 7) is 0. The molecule has 0 aromatic heterocycles. The van der Waals surface area contributed by atoms with Crippen molar-refractivity contribution >= 4 is 22.7 Å². The molecule has 134 valence electrons. The average Bonchev–Trinajstić information content (AvgIpc) is 2.58. The molecule has 0 aliphatic rings. The summed E-state index contributed by atoms with van der Waals surface area (Å²) in [6.07, 6.45) is -4.36. The molecule has 26 heavy (non-hydrogen) atoms. The summed E-state index contributed by atoms with van der Waals surface area (Å²) in [4.78, 5) is 0. The highest BCUT2D eigenvalue weighted by molar-refractivity contribution is 5.89. The number of benzene rings is 3. The van der Waals surface area contributed by atoms with Gasteiger partial charge >= 0.3 is 6.18 Å². The van der Waals surface area contributed by atoms with Crippen molar-refractivity contribution in [3.8, 4) is 22.3 Å². The van der Waals surface area contributed by atoms with Gasteiger partial charge in [-0.2, -0.15) is 13.2 Å². The topological polar surface area (TPSA) is 104 Å². The van der Waals surface area contributed by atoms with Crippen LogP contribution in [0.2, 0.25) is 0 Å². The Morgan fingerprint density at radius 2 is 1.08 bits per heavy atom. The van der Waals surface area contributed by atoms with Gasteiger partial charge in [-0.15, -0.1) is 0 Å². The largest absolute Gasteiger partial charge is 0.416 e. The Hall–Kier alpha value is -3.35. The van der Waals surface area contributed by atoms with Gasteiger partial charge in [-0.05, 0) is 47.0 Å². The van der Waals surface area contributed by atoms with Gasteiger partial charge in [0.1, 0.15) is 0 Å². The molecule has 0 atom stereocenters. The molecule has 0 fully saturated rings. The van der Waals surface area contributed by atoms with E-state index in [0.29, 0.717) is 45.0 Å². The Balaban J connectivity index is 1.98. The zero-order valence-electron chi connectivity index (χ0n) is 13.6. The van der Waals surface area contributed by atoms with Crippen LogP contribution in [-0.2, 0) is 6.18 Å². The minimum atomic E-state index is -4.36. The molecule has 0 spiro atoms. The Kier molecular flexibility index (Phi) is 4.15. The minimum Gasteiger partial charge on any atom is -0.398 e. The number of anilines is 4. The maximum absolute atomic E-state index is 12.7. The van der Waals surface area contributed by atoms with Gasteiger partial charge in [0.15, 0.2) is 0 Å². The summed E-state index contributed by atoms with van der Waals surface area (Å²) in [5.41, 5.74) is 27.1. The van der Waals surface area contributed by atoms with Crippen molar-refractivity contribution in [2.24, 2.45) is 0 Å². The van der Waals surface area contributed by atoms with E-state index < -0.39 is 11.7 Å². The predicted octanol–water partition coefficient (Wildman–Crippen LogP) is 4.37. The van der Waals surface area contributed by atoms with Gasteiger partial charge in [0.2, 0.25) is 0 Å². The number of rotatable bonds is 2. The zero-order valence-corrected chi connectivity index (χ0v) is 13.6. The average molecular weight is 358 g/mol. The van der Waals surface area contributed by atoms with E-state index in [1.807, 2.05) is 0 Å². The molecule has 0 saturated heterocycles. The van der Waals surface area contributed by atoms with Crippen molar-refractivity contribution in [1.82, 2.24) is 0 Å². The lowest BCUT2D eigenvalue weighted by Gasteiger charge is -2.13. The van der Waals surface area contributed by atoms with Crippen molar-refractivity contribution in [2.45, 2.75) is 6.18 Å². The molecule has 0 aliphatic carbocycles. The smallest absolute Gasteiger partial charge is 0.398 e. The number of alkyl halides is 3. The molecule has 8 N–H and O–H groups in total. The van der Waals surface area contributed by atoms with Crippen LogP contribution in [0.15, 0.2) is 54.6 Å². The van der Waals surface area contributed by atoms with Crippen LogP contribution in [-0.4, -0.2) is 0 Å². The standard InChI is InChI=1S/C19H17F3N4/c20-19(21,22)13-4-1-10(2-5-13)11-3-6-14(15(23)7-11)12-8-16(24)18(26)17(25)9-12/h1-9H,23-26H2. The molecule has 3 aromatic carbocycles. The molecule has 0 saturated carbocycles. The zero-order chi connectivity index (χ0) is 19.1. The van der Waals surface area contributed by atoms with Crippen LogP contribution >= 0.6 is 0 Å². The maximum Gasteiger partial charge on any atom is 0.416 e. The molecule has 4 nitrogen and oxygen atoms in total. The lowest BCUT2D eigenvalue weighted by molar-refractivity contribution is -0.137. The van der Waals surface area contributed by atoms with Crippen LogP contribution in [0.3, 0.4) is 0 Å². The molecule has 0 bridgehead atoms. The Morgan fingerprint density at radius 1 is 0.577 bits per heavy atom. The fourth-order valence-corrected chi connectivity index (χ4v) is 2.71. The van der Waals surface area contributed by atoms with Gasteiger partial charge in [0, 0.05) is 11.3 Å². The van der Waals surface area contributed by atoms with Crippen LogP contribution < -0.4 is 22.9 Å². The Labute approximate surface area is 148 Å². The normalized spacial score (nSPS) is 11.5. The Bertz CT molecular complexity index is 941. The number of nitrogen functional groups attached to an aromatic ring is 4. The molecule has 0 aliphatic heterocycles. The van der Waals surface area contributed by atoms with Crippen LogP contribution in [0.1, 0.15) is 5.56 Å². The highest BCUT2D eigenvalue weighted by atomic mass is 19.4.